The summed E-state index contributed by atoms with van der Waals surface area (Å²) in [5, 5.41) is 2.62. The van der Waals surface area contributed by atoms with E-state index in [2.05, 4.69) is 5.32 Å². The van der Waals surface area contributed by atoms with E-state index in [0.717, 1.165) is 5.56 Å². The topological polar surface area (TPSA) is 75.7 Å². The van der Waals surface area contributed by atoms with E-state index in [1.165, 1.54) is 30.5 Å². The summed E-state index contributed by atoms with van der Waals surface area (Å²) in [5.74, 6) is 0.0485. The van der Waals surface area contributed by atoms with Crippen molar-refractivity contribution in [3.8, 4) is 5.75 Å². The van der Waals surface area contributed by atoms with Crippen LogP contribution in [0.1, 0.15) is 19.4 Å². The van der Waals surface area contributed by atoms with E-state index in [-0.39, 0.29) is 16.8 Å². The summed E-state index contributed by atoms with van der Waals surface area (Å²) < 4.78 is 33.1. The van der Waals surface area contributed by atoms with Crippen molar-refractivity contribution in [3.63, 3.8) is 0 Å². The minimum atomic E-state index is -3.74. The highest BCUT2D eigenvalue weighted by Crippen LogP contribution is 2.38. The Balaban J connectivity index is 2.05. The van der Waals surface area contributed by atoms with Gasteiger partial charge in [-0.1, -0.05) is 18.2 Å². The molecular weight excluding hydrogens is 340 g/mol. The maximum Gasteiger partial charge on any atom is 0.264 e. The van der Waals surface area contributed by atoms with Crippen LogP contribution >= 0.6 is 0 Å². The third-order valence-corrected chi connectivity index (χ3v) is 6.11. The van der Waals surface area contributed by atoms with E-state index >= 15 is 0 Å². The molecule has 0 bridgehead atoms. The Morgan fingerprint density at radius 1 is 1.24 bits per heavy atom. The minimum absolute atomic E-state index is 0.127. The van der Waals surface area contributed by atoms with E-state index in [9.17, 15) is 13.2 Å². The average Bonchev–Trinajstić information content (AvgIpc) is 2.90. The van der Waals surface area contributed by atoms with Gasteiger partial charge in [0.25, 0.3) is 10.0 Å². The number of anilines is 2. The first kappa shape index (κ1) is 17.3. The molecule has 1 atom stereocenters. The normalized spacial score (nSPS) is 16.4. The summed E-state index contributed by atoms with van der Waals surface area (Å²) in [5.41, 5.74) is 2.16. The molecule has 3 rings (SSSR count). The molecule has 132 valence electrons. The Hall–Kier alpha value is -2.54. The number of hydrogen-bond donors (Lipinski definition) is 1. The second-order valence-electron chi connectivity index (χ2n) is 6.03. The maximum absolute atomic E-state index is 13.2. The van der Waals surface area contributed by atoms with Crippen molar-refractivity contribution in [2.75, 3.05) is 16.7 Å². The van der Waals surface area contributed by atoms with Crippen molar-refractivity contribution in [2.45, 2.75) is 31.2 Å². The summed E-state index contributed by atoms with van der Waals surface area (Å²) >= 11 is 0. The van der Waals surface area contributed by atoms with Gasteiger partial charge < -0.3 is 10.1 Å². The van der Waals surface area contributed by atoms with Crippen molar-refractivity contribution < 1.29 is 17.9 Å². The van der Waals surface area contributed by atoms with Crippen LogP contribution in [0.15, 0.2) is 47.4 Å². The molecule has 0 aliphatic carbocycles. The van der Waals surface area contributed by atoms with E-state index < -0.39 is 10.0 Å². The van der Waals surface area contributed by atoms with Crippen LogP contribution in [0.25, 0.3) is 0 Å². The predicted octanol–water partition coefficient (Wildman–Crippen LogP) is 2.79. The van der Waals surface area contributed by atoms with Gasteiger partial charge in [-0.05, 0) is 37.1 Å². The molecule has 1 heterocycles. The number of ether oxygens (including phenoxy) is 1. The first-order valence-electron chi connectivity index (χ1n) is 7.92. The molecule has 6 nitrogen and oxygen atoms in total. The zero-order valence-corrected chi connectivity index (χ0v) is 15.1. The lowest BCUT2D eigenvalue weighted by molar-refractivity contribution is -0.114. The number of fused-ring (bicyclic) bond motifs is 1. The number of carbonyl (C=O) groups is 1. The van der Waals surface area contributed by atoms with Crippen LogP contribution < -0.4 is 14.4 Å². The van der Waals surface area contributed by atoms with E-state index in [1.807, 2.05) is 31.2 Å². The zero-order valence-electron chi connectivity index (χ0n) is 14.3. The SMILES string of the molecule is COc1cc(S(=O)(=O)N2c3ccccc3C[C@@H]2C)ccc1NC(C)=O. The van der Waals surface area contributed by atoms with Crippen LogP contribution in [-0.2, 0) is 21.2 Å². The van der Waals surface area contributed by atoms with Gasteiger partial charge in [0.15, 0.2) is 0 Å². The Morgan fingerprint density at radius 2 is 1.96 bits per heavy atom. The Morgan fingerprint density at radius 3 is 2.64 bits per heavy atom. The van der Waals surface area contributed by atoms with Gasteiger partial charge in [0, 0.05) is 19.0 Å². The van der Waals surface area contributed by atoms with Crippen LogP contribution in [0, 0.1) is 0 Å². The number of rotatable bonds is 4. The van der Waals surface area contributed by atoms with E-state index in [4.69, 9.17) is 4.74 Å². The van der Waals surface area contributed by atoms with Gasteiger partial charge in [0.05, 0.1) is 23.4 Å². The second kappa shape index (κ2) is 6.40. The van der Waals surface area contributed by atoms with Crippen molar-refractivity contribution in [2.24, 2.45) is 0 Å². The zero-order chi connectivity index (χ0) is 18.2. The van der Waals surface area contributed by atoms with Crippen molar-refractivity contribution in [1.82, 2.24) is 0 Å². The van der Waals surface area contributed by atoms with Gasteiger partial charge >= 0.3 is 0 Å². The van der Waals surface area contributed by atoms with Crippen LogP contribution in [0.2, 0.25) is 0 Å². The third kappa shape index (κ3) is 3.07. The molecular formula is C18H20N2O4S. The fourth-order valence-electron chi connectivity index (χ4n) is 3.14. The number of para-hydroxylation sites is 1. The first-order chi connectivity index (χ1) is 11.8. The van der Waals surface area contributed by atoms with E-state index in [0.29, 0.717) is 23.5 Å². The number of hydrogen-bond acceptors (Lipinski definition) is 4. The number of nitrogens with one attached hydrogen (secondary N) is 1. The van der Waals surface area contributed by atoms with Gasteiger partial charge in [-0.2, -0.15) is 0 Å². The number of nitrogens with zero attached hydrogens (tertiary/aromatic N) is 1. The van der Waals surface area contributed by atoms with Gasteiger partial charge in [0.1, 0.15) is 5.75 Å². The molecule has 1 N–H and O–H groups in total. The second-order valence-corrected chi connectivity index (χ2v) is 7.84. The van der Waals surface area contributed by atoms with Gasteiger partial charge in [-0.25, -0.2) is 8.42 Å². The molecule has 0 radical (unpaired) electrons. The lowest BCUT2D eigenvalue weighted by Gasteiger charge is -2.25. The molecule has 25 heavy (non-hydrogen) atoms. The molecule has 0 unspecified atom stereocenters. The Labute approximate surface area is 147 Å². The monoisotopic (exact) mass is 360 g/mol. The van der Waals surface area contributed by atoms with Crippen LogP contribution in [0.3, 0.4) is 0 Å². The molecule has 2 aromatic carbocycles. The van der Waals surface area contributed by atoms with Gasteiger partial charge in [-0.3, -0.25) is 9.10 Å². The van der Waals surface area contributed by atoms with Gasteiger partial charge in [-0.15, -0.1) is 0 Å². The van der Waals surface area contributed by atoms with E-state index in [1.54, 1.807) is 6.07 Å². The molecule has 0 aromatic heterocycles. The average molecular weight is 360 g/mol. The smallest absolute Gasteiger partial charge is 0.264 e. The highest BCUT2D eigenvalue weighted by molar-refractivity contribution is 7.92. The number of methoxy groups -OCH3 is 1. The molecule has 1 aliphatic heterocycles. The first-order valence-corrected chi connectivity index (χ1v) is 9.36. The predicted molar refractivity (Wildman–Crippen MR) is 96.6 cm³/mol. The molecule has 0 saturated carbocycles. The fraction of sp³-hybridized carbons (Fsp3) is 0.278. The van der Waals surface area contributed by atoms with Crippen LogP contribution in [0.4, 0.5) is 11.4 Å². The quantitative estimate of drug-likeness (QED) is 0.910. The lowest BCUT2D eigenvalue weighted by Crippen LogP contribution is -2.35. The standard InChI is InChI=1S/C18H20N2O4S/c1-12-10-14-6-4-5-7-17(14)20(12)25(22,23)15-8-9-16(19-13(2)21)18(11-15)24-3/h4-9,11-12H,10H2,1-3H3,(H,19,21)/t12-/m0/s1. The fourth-order valence-corrected chi connectivity index (χ4v) is 4.85. The molecule has 1 aliphatic rings. The maximum atomic E-state index is 13.2. The van der Waals surface area contributed by atoms with Crippen LogP contribution in [-0.4, -0.2) is 27.5 Å². The molecule has 7 heteroatoms. The molecule has 1 amide bonds. The van der Waals surface area contributed by atoms with Crippen molar-refractivity contribution in [1.29, 1.82) is 0 Å². The van der Waals surface area contributed by atoms with Crippen molar-refractivity contribution in [3.05, 3.63) is 48.0 Å². The molecule has 2 aromatic rings. The largest absolute Gasteiger partial charge is 0.495 e. The Bertz CT molecular complexity index is 924. The Kier molecular flexibility index (Phi) is 4.43. The summed E-state index contributed by atoms with van der Waals surface area (Å²) in [4.78, 5) is 11.4. The number of sulfonamides is 1. The summed E-state index contributed by atoms with van der Waals surface area (Å²) in [6.45, 7) is 3.27. The van der Waals surface area contributed by atoms with Crippen molar-refractivity contribution >= 4 is 27.3 Å². The summed E-state index contributed by atoms with van der Waals surface area (Å²) in [6, 6.07) is 11.8. The number of amides is 1. The summed E-state index contributed by atoms with van der Waals surface area (Å²) in [7, 11) is -2.30. The molecule has 0 spiro atoms. The third-order valence-electron chi connectivity index (χ3n) is 4.19. The highest BCUT2D eigenvalue weighted by Gasteiger charge is 2.36. The summed E-state index contributed by atoms with van der Waals surface area (Å²) in [6.07, 6.45) is 0.677. The van der Waals surface area contributed by atoms with Gasteiger partial charge in [0.2, 0.25) is 5.91 Å². The number of carbonyl (C=O) groups excluding carboxylic acids is 1. The number of benzene rings is 2. The van der Waals surface area contributed by atoms with Crippen LogP contribution in [0.5, 0.6) is 5.75 Å². The molecule has 0 saturated heterocycles. The highest BCUT2D eigenvalue weighted by atomic mass is 32.2. The minimum Gasteiger partial charge on any atom is -0.495 e. The lowest BCUT2D eigenvalue weighted by atomic mass is 10.1. The molecule has 0 fully saturated rings.